The Morgan fingerprint density at radius 1 is 1.47 bits per heavy atom. The zero-order valence-electron chi connectivity index (χ0n) is 11.5. The first kappa shape index (κ1) is 14.1. The van der Waals surface area contributed by atoms with Crippen molar-refractivity contribution < 1.29 is 0 Å². The molecule has 0 aromatic carbocycles. The van der Waals surface area contributed by atoms with E-state index in [9.17, 15) is 0 Å². The van der Waals surface area contributed by atoms with Gasteiger partial charge in [0.15, 0.2) is 0 Å². The molecule has 3 rings (SSSR count). The van der Waals surface area contributed by atoms with Crippen molar-refractivity contribution in [2.75, 3.05) is 13.1 Å². The lowest BCUT2D eigenvalue weighted by Gasteiger charge is -2.40. The average molecular weight is 343 g/mol. The van der Waals surface area contributed by atoms with Crippen LogP contribution in [0.15, 0.2) is 15.2 Å². The Bertz CT molecular complexity index is 430. The Kier molecular flexibility index (Phi) is 4.32. The van der Waals surface area contributed by atoms with E-state index in [1.165, 1.54) is 41.6 Å². The van der Waals surface area contributed by atoms with Gasteiger partial charge in [-0.25, -0.2) is 0 Å². The SMILES string of the molecule is CC(C1CC1)N1CC(N)CC(Cc2csc(Br)c2)C1. The van der Waals surface area contributed by atoms with Crippen molar-refractivity contribution >= 4 is 27.3 Å². The van der Waals surface area contributed by atoms with Gasteiger partial charge in [-0.15, -0.1) is 11.3 Å². The lowest BCUT2D eigenvalue weighted by atomic mass is 9.89. The summed E-state index contributed by atoms with van der Waals surface area (Å²) in [5.74, 6) is 1.67. The summed E-state index contributed by atoms with van der Waals surface area (Å²) >= 11 is 5.34. The summed E-state index contributed by atoms with van der Waals surface area (Å²) in [6.45, 7) is 4.73. The molecule has 2 fully saturated rings. The molecule has 2 heterocycles. The predicted molar refractivity (Wildman–Crippen MR) is 85.6 cm³/mol. The van der Waals surface area contributed by atoms with E-state index < -0.39 is 0 Å². The molecule has 106 valence electrons. The topological polar surface area (TPSA) is 29.3 Å². The van der Waals surface area contributed by atoms with Crippen LogP contribution in [0, 0.1) is 11.8 Å². The van der Waals surface area contributed by atoms with Crippen LogP contribution < -0.4 is 5.73 Å². The van der Waals surface area contributed by atoms with Gasteiger partial charge in [0.1, 0.15) is 0 Å². The molecule has 1 aromatic heterocycles. The maximum atomic E-state index is 6.28. The van der Waals surface area contributed by atoms with Crippen molar-refractivity contribution in [1.29, 1.82) is 0 Å². The van der Waals surface area contributed by atoms with Crippen molar-refractivity contribution in [2.24, 2.45) is 17.6 Å². The summed E-state index contributed by atoms with van der Waals surface area (Å²) in [4.78, 5) is 2.65. The Morgan fingerprint density at radius 3 is 2.89 bits per heavy atom. The lowest BCUT2D eigenvalue weighted by molar-refractivity contribution is 0.106. The van der Waals surface area contributed by atoms with Crippen LogP contribution in [0.4, 0.5) is 0 Å². The van der Waals surface area contributed by atoms with E-state index in [-0.39, 0.29) is 0 Å². The molecule has 2 N–H and O–H groups in total. The van der Waals surface area contributed by atoms with Crippen LogP contribution in [0.5, 0.6) is 0 Å². The molecular weight excluding hydrogens is 320 g/mol. The van der Waals surface area contributed by atoms with E-state index in [4.69, 9.17) is 5.73 Å². The summed E-state index contributed by atoms with van der Waals surface area (Å²) in [5, 5.41) is 2.28. The molecule has 1 aliphatic heterocycles. The predicted octanol–water partition coefficient (Wildman–Crippen LogP) is 3.50. The van der Waals surface area contributed by atoms with Crippen LogP contribution in [0.3, 0.4) is 0 Å². The van der Waals surface area contributed by atoms with E-state index in [2.05, 4.69) is 39.2 Å². The number of likely N-dealkylation sites (tertiary alicyclic amines) is 1. The number of halogens is 1. The first-order valence-corrected chi connectivity index (χ1v) is 9.01. The third kappa shape index (κ3) is 3.60. The van der Waals surface area contributed by atoms with Crippen molar-refractivity contribution in [3.63, 3.8) is 0 Å². The maximum absolute atomic E-state index is 6.28. The lowest BCUT2D eigenvalue weighted by Crippen LogP contribution is -2.51. The van der Waals surface area contributed by atoms with Crippen molar-refractivity contribution in [2.45, 2.75) is 44.7 Å². The number of hydrogen-bond donors (Lipinski definition) is 1. The first-order chi connectivity index (χ1) is 9.11. The minimum absolute atomic E-state index is 0.363. The van der Waals surface area contributed by atoms with Crippen LogP contribution in [-0.2, 0) is 6.42 Å². The van der Waals surface area contributed by atoms with Gasteiger partial charge >= 0.3 is 0 Å². The Hall–Kier alpha value is 0.100. The van der Waals surface area contributed by atoms with E-state index in [0.717, 1.165) is 24.4 Å². The highest BCUT2D eigenvalue weighted by Gasteiger charge is 2.35. The molecule has 3 unspecified atom stereocenters. The highest BCUT2D eigenvalue weighted by Crippen LogP contribution is 2.37. The molecule has 0 radical (unpaired) electrons. The van der Waals surface area contributed by atoms with Crippen molar-refractivity contribution in [3.8, 4) is 0 Å². The molecule has 0 bridgehead atoms. The molecule has 0 amide bonds. The Morgan fingerprint density at radius 2 is 2.26 bits per heavy atom. The van der Waals surface area contributed by atoms with Gasteiger partial charge in [-0.05, 0) is 77.4 Å². The standard InChI is InChI=1S/C15H23BrN2S/c1-10(13-2-3-13)18-7-11(5-14(17)8-18)4-12-6-15(16)19-9-12/h6,9-11,13-14H,2-5,7-8,17H2,1H3. The summed E-state index contributed by atoms with van der Waals surface area (Å²) in [6.07, 6.45) is 5.22. The molecule has 1 aliphatic carbocycles. The summed E-state index contributed by atoms with van der Waals surface area (Å²) in [7, 11) is 0. The molecule has 2 aliphatic rings. The summed E-state index contributed by atoms with van der Waals surface area (Å²) < 4.78 is 1.24. The smallest absolute Gasteiger partial charge is 0.0701 e. The summed E-state index contributed by atoms with van der Waals surface area (Å²) in [6, 6.07) is 3.37. The van der Waals surface area contributed by atoms with Crippen LogP contribution in [-0.4, -0.2) is 30.1 Å². The van der Waals surface area contributed by atoms with Crippen LogP contribution in [0.2, 0.25) is 0 Å². The summed E-state index contributed by atoms with van der Waals surface area (Å²) in [5.41, 5.74) is 7.75. The van der Waals surface area contributed by atoms with Crippen LogP contribution in [0.1, 0.15) is 31.7 Å². The van der Waals surface area contributed by atoms with Crippen molar-refractivity contribution in [3.05, 3.63) is 20.8 Å². The number of thiophene rings is 1. The third-order valence-electron chi connectivity index (χ3n) is 4.62. The fourth-order valence-electron chi connectivity index (χ4n) is 3.43. The van der Waals surface area contributed by atoms with Gasteiger partial charge in [0.05, 0.1) is 3.79 Å². The fraction of sp³-hybridized carbons (Fsp3) is 0.733. The van der Waals surface area contributed by atoms with Gasteiger partial charge in [0.2, 0.25) is 0 Å². The highest BCUT2D eigenvalue weighted by atomic mass is 79.9. The van der Waals surface area contributed by atoms with Gasteiger partial charge in [-0.2, -0.15) is 0 Å². The molecule has 1 aromatic rings. The van der Waals surface area contributed by atoms with Gasteiger partial charge in [0.25, 0.3) is 0 Å². The second-order valence-electron chi connectivity index (χ2n) is 6.36. The minimum atomic E-state index is 0.363. The number of piperidine rings is 1. The largest absolute Gasteiger partial charge is 0.327 e. The number of hydrogen-bond acceptors (Lipinski definition) is 3. The van der Waals surface area contributed by atoms with E-state index in [1.807, 2.05) is 0 Å². The number of rotatable bonds is 4. The monoisotopic (exact) mass is 342 g/mol. The van der Waals surface area contributed by atoms with Gasteiger partial charge < -0.3 is 5.73 Å². The molecule has 19 heavy (non-hydrogen) atoms. The van der Waals surface area contributed by atoms with E-state index >= 15 is 0 Å². The van der Waals surface area contributed by atoms with Gasteiger partial charge in [-0.3, -0.25) is 4.90 Å². The Labute approximate surface area is 128 Å². The van der Waals surface area contributed by atoms with Gasteiger partial charge in [0, 0.05) is 25.2 Å². The molecule has 4 heteroatoms. The zero-order chi connectivity index (χ0) is 13.4. The number of nitrogens with zero attached hydrogens (tertiary/aromatic N) is 1. The molecule has 1 saturated carbocycles. The number of nitrogens with two attached hydrogens (primary N) is 1. The third-order valence-corrected chi connectivity index (χ3v) is 6.18. The van der Waals surface area contributed by atoms with E-state index in [0.29, 0.717) is 6.04 Å². The molecule has 2 nitrogen and oxygen atoms in total. The normalized spacial score (nSPS) is 30.5. The average Bonchev–Trinajstić information content (AvgIpc) is 3.12. The second kappa shape index (κ2) is 5.84. The molecule has 1 saturated heterocycles. The molecule has 0 spiro atoms. The first-order valence-electron chi connectivity index (χ1n) is 7.34. The minimum Gasteiger partial charge on any atom is -0.327 e. The molecular formula is C15H23BrN2S. The van der Waals surface area contributed by atoms with Crippen molar-refractivity contribution in [1.82, 2.24) is 4.90 Å². The highest BCUT2D eigenvalue weighted by molar-refractivity contribution is 9.11. The maximum Gasteiger partial charge on any atom is 0.0701 e. The van der Waals surface area contributed by atoms with Gasteiger partial charge in [-0.1, -0.05) is 0 Å². The van der Waals surface area contributed by atoms with Crippen LogP contribution >= 0.6 is 27.3 Å². The second-order valence-corrected chi connectivity index (χ2v) is 8.65. The fourth-order valence-corrected chi connectivity index (χ4v) is 4.65. The molecule has 3 atom stereocenters. The quantitative estimate of drug-likeness (QED) is 0.907. The zero-order valence-corrected chi connectivity index (χ0v) is 13.9. The Balaban J connectivity index is 1.61. The van der Waals surface area contributed by atoms with Crippen LogP contribution in [0.25, 0.3) is 0 Å². The van der Waals surface area contributed by atoms with E-state index in [1.54, 1.807) is 11.3 Å².